The van der Waals surface area contributed by atoms with Crippen LogP contribution in [0.25, 0.3) is 0 Å². The zero-order valence-corrected chi connectivity index (χ0v) is 12.8. The number of nitrogens with one attached hydrogen (secondary N) is 1. The van der Waals surface area contributed by atoms with Gasteiger partial charge in [0.1, 0.15) is 11.5 Å². The van der Waals surface area contributed by atoms with E-state index in [1.165, 1.54) is 6.07 Å². The Kier molecular flexibility index (Phi) is 4.29. The third-order valence-electron chi connectivity index (χ3n) is 2.50. The minimum absolute atomic E-state index is 0.0143. The molecule has 0 amide bonds. The van der Waals surface area contributed by atoms with Crippen LogP contribution in [0.2, 0.25) is 5.02 Å². The van der Waals surface area contributed by atoms with E-state index in [1.54, 1.807) is 34.7 Å². The average molecular weight is 408 g/mol. The standard InChI is InChI=1S/C12H8ClFIN3O2/c13-7-2-1-6(16)3-10(7)17-11-4-8(14)9(15)5-12(11)18(19)20/h1-5,17H,16H2. The third-order valence-corrected chi connectivity index (χ3v) is 3.65. The highest BCUT2D eigenvalue weighted by Gasteiger charge is 2.18. The molecule has 2 rings (SSSR count). The van der Waals surface area contributed by atoms with Crippen LogP contribution in [0.1, 0.15) is 0 Å². The lowest BCUT2D eigenvalue weighted by molar-refractivity contribution is -0.384. The summed E-state index contributed by atoms with van der Waals surface area (Å²) in [5, 5.41) is 14.1. The summed E-state index contributed by atoms with van der Waals surface area (Å²) < 4.78 is 13.7. The van der Waals surface area contributed by atoms with Crippen molar-refractivity contribution < 1.29 is 9.31 Å². The summed E-state index contributed by atoms with van der Waals surface area (Å²) in [4.78, 5) is 10.4. The van der Waals surface area contributed by atoms with Gasteiger partial charge in [0, 0.05) is 17.8 Å². The fourth-order valence-electron chi connectivity index (χ4n) is 1.57. The molecule has 2 aromatic rings. The monoisotopic (exact) mass is 407 g/mol. The Morgan fingerprint density at radius 2 is 2.00 bits per heavy atom. The van der Waals surface area contributed by atoms with E-state index < -0.39 is 10.7 Å². The van der Waals surface area contributed by atoms with Crippen LogP contribution in [0.3, 0.4) is 0 Å². The third kappa shape index (κ3) is 3.10. The van der Waals surface area contributed by atoms with E-state index in [-0.39, 0.29) is 14.9 Å². The predicted molar refractivity (Wildman–Crippen MR) is 84.9 cm³/mol. The van der Waals surface area contributed by atoms with Crippen LogP contribution >= 0.6 is 34.2 Å². The molecule has 0 aliphatic heterocycles. The van der Waals surface area contributed by atoms with Gasteiger partial charge in [0.25, 0.3) is 5.69 Å². The van der Waals surface area contributed by atoms with Crippen molar-refractivity contribution in [1.82, 2.24) is 0 Å². The van der Waals surface area contributed by atoms with Crippen molar-refractivity contribution in [2.75, 3.05) is 11.1 Å². The Hall–Kier alpha value is -1.61. The molecule has 0 bridgehead atoms. The molecular weight excluding hydrogens is 400 g/mol. The Balaban J connectivity index is 2.50. The molecule has 20 heavy (non-hydrogen) atoms. The van der Waals surface area contributed by atoms with Crippen molar-refractivity contribution in [1.29, 1.82) is 0 Å². The number of anilines is 3. The lowest BCUT2D eigenvalue weighted by Crippen LogP contribution is -2.00. The molecule has 0 aliphatic carbocycles. The van der Waals surface area contributed by atoms with Crippen LogP contribution in [0.5, 0.6) is 0 Å². The van der Waals surface area contributed by atoms with Gasteiger partial charge in [0.05, 0.1) is 19.2 Å². The van der Waals surface area contributed by atoms with Crippen molar-refractivity contribution >= 4 is 56.9 Å². The highest BCUT2D eigenvalue weighted by atomic mass is 127. The van der Waals surface area contributed by atoms with E-state index in [0.717, 1.165) is 12.1 Å². The quantitative estimate of drug-likeness (QED) is 0.344. The molecule has 0 aromatic heterocycles. The largest absolute Gasteiger partial charge is 0.399 e. The van der Waals surface area contributed by atoms with Gasteiger partial charge in [-0.25, -0.2) is 4.39 Å². The summed E-state index contributed by atoms with van der Waals surface area (Å²) in [6.45, 7) is 0. The van der Waals surface area contributed by atoms with Gasteiger partial charge in [-0.2, -0.15) is 0 Å². The summed E-state index contributed by atoms with van der Waals surface area (Å²) in [7, 11) is 0. The fourth-order valence-corrected chi connectivity index (χ4v) is 2.19. The zero-order valence-electron chi connectivity index (χ0n) is 9.86. The van der Waals surface area contributed by atoms with Crippen LogP contribution in [-0.4, -0.2) is 4.92 Å². The number of nitro groups is 1. The first-order chi connectivity index (χ1) is 9.38. The van der Waals surface area contributed by atoms with Crippen molar-refractivity contribution in [2.45, 2.75) is 0 Å². The van der Waals surface area contributed by atoms with Gasteiger partial charge in [-0.1, -0.05) is 11.6 Å². The van der Waals surface area contributed by atoms with E-state index in [4.69, 9.17) is 17.3 Å². The Bertz CT molecular complexity index is 697. The second kappa shape index (κ2) is 5.80. The first kappa shape index (κ1) is 14.8. The van der Waals surface area contributed by atoms with Crippen LogP contribution in [-0.2, 0) is 0 Å². The molecule has 0 saturated heterocycles. The number of nitro benzene ring substituents is 1. The normalized spacial score (nSPS) is 10.3. The molecule has 8 heteroatoms. The number of halogens is 3. The van der Waals surface area contributed by atoms with Crippen LogP contribution in [0, 0.1) is 19.5 Å². The second-order valence-electron chi connectivity index (χ2n) is 3.90. The highest BCUT2D eigenvalue weighted by molar-refractivity contribution is 14.1. The molecule has 0 spiro atoms. The minimum Gasteiger partial charge on any atom is -0.399 e. The topological polar surface area (TPSA) is 81.2 Å². The maximum Gasteiger partial charge on any atom is 0.293 e. The molecule has 3 N–H and O–H groups in total. The number of hydrogen-bond donors (Lipinski definition) is 2. The molecule has 0 atom stereocenters. The maximum absolute atomic E-state index is 13.6. The Morgan fingerprint density at radius 1 is 1.30 bits per heavy atom. The van der Waals surface area contributed by atoms with Gasteiger partial charge < -0.3 is 11.1 Å². The molecule has 5 nitrogen and oxygen atoms in total. The molecular formula is C12H8ClFIN3O2. The summed E-state index contributed by atoms with van der Waals surface area (Å²) in [5.41, 5.74) is 6.20. The zero-order chi connectivity index (χ0) is 14.9. The number of nitrogens with zero attached hydrogens (tertiary/aromatic N) is 1. The number of hydrogen-bond acceptors (Lipinski definition) is 4. The SMILES string of the molecule is Nc1ccc(Cl)c(Nc2cc(F)c(I)cc2[N+](=O)[O-])c1. The van der Waals surface area contributed by atoms with Crippen molar-refractivity contribution in [3.63, 3.8) is 0 Å². The average Bonchev–Trinajstić information content (AvgIpc) is 2.37. The van der Waals surface area contributed by atoms with Crippen LogP contribution in [0.4, 0.5) is 27.1 Å². The Morgan fingerprint density at radius 3 is 2.65 bits per heavy atom. The minimum atomic E-state index is -0.593. The number of nitrogen functional groups attached to an aromatic ring is 1. The lowest BCUT2D eigenvalue weighted by atomic mass is 10.2. The predicted octanol–water partition coefficient (Wildman–Crippen LogP) is 4.32. The molecule has 0 radical (unpaired) electrons. The van der Waals surface area contributed by atoms with E-state index in [0.29, 0.717) is 16.4 Å². The Labute approximate surface area is 132 Å². The van der Waals surface area contributed by atoms with Gasteiger partial charge >= 0.3 is 0 Å². The molecule has 0 heterocycles. The van der Waals surface area contributed by atoms with Gasteiger partial charge in [-0.05, 0) is 40.8 Å². The van der Waals surface area contributed by atoms with Crippen LogP contribution < -0.4 is 11.1 Å². The summed E-state index contributed by atoms with van der Waals surface area (Å²) in [6, 6.07) is 6.87. The van der Waals surface area contributed by atoms with E-state index in [9.17, 15) is 14.5 Å². The van der Waals surface area contributed by atoms with Crippen molar-refractivity contribution in [3.05, 3.63) is 54.9 Å². The van der Waals surface area contributed by atoms with Gasteiger partial charge in [0.2, 0.25) is 0 Å². The molecule has 0 saturated carbocycles. The number of benzene rings is 2. The first-order valence-electron chi connectivity index (χ1n) is 5.34. The summed E-state index contributed by atoms with van der Waals surface area (Å²) >= 11 is 7.66. The maximum atomic E-state index is 13.6. The molecule has 0 aliphatic rings. The lowest BCUT2D eigenvalue weighted by Gasteiger charge is -2.10. The van der Waals surface area contributed by atoms with Gasteiger partial charge in [-0.3, -0.25) is 10.1 Å². The van der Waals surface area contributed by atoms with Gasteiger partial charge in [-0.15, -0.1) is 0 Å². The summed E-state index contributed by atoms with van der Waals surface area (Å²) in [6.07, 6.45) is 0. The smallest absolute Gasteiger partial charge is 0.293 e. The van der Waals surface area contributed by atoms with E-state index >= 15 is 0 Å². The molecule has 0 fully saturated rings. The van der Waals surface area contributed by atoms with Crippen molar-refractivity contribution in [3.8, 4) is 0 Å². The molecule has 0 unspecified atom stereocenters. The van der Waals surface area contributed by atoms with E-state index in [1.807, 2.05) is 0 Å². The van der Waals surface area contributed by atoms with E-state index in [2.05, 4.69) is 5.32 Å². The first-order valence-corrected chi connectivity index (χ1v) is 6.79. The number of nitrogens with two attached hydrogens (primary N) is 1. The summed E-state index contributed by atoms with van der Waals surface area (Å²) in [5.74, 6) is -0.557. The molecule has 2 aromatic carbocycles. The second-order valence-corrected chi connectivity index (χ2v) is 5.47. The highest BCUT2D eigenvalue weighted by Crippen LogP contribution is 2.34. The molecule has 104 valence electrons. The van der Waals surface area contributed by atoms with Gasteiger partial charge in [0.15, 0.2) is 0 Å². The van der Waals surface area contributed by atoms with Crippen LogP contribution in [0.15, 0.2) is 30.3 Å². The van der Waals surface area contributed by atoms with Crippen molar-refractivity contribution in [2.24, 2.45) is 0 Å². The fraction of sp³-hybridized carbons (Fsp3) is 0. The number of rotatable bonds is 3.